The number of aryl methyl sites for hydroxylation is 1. The zero-order valence-electron chi connectivity index (χ0n) is 13.8. The van der Waals surface area contributed by atoms with E-state index in [2.05, 4.69) is 34.4 Å². The molecule has 118 valence electrons. The monoisotopic (exact) mass is 292 g/mol. The summed E-state index contributed by atoms with van der Waals surface area (Å²) in [5.41, 5.74) is 1.51. The molecule has 0 unspecified atom stereocenters. The topological polar surface area (TPSA) is 59.1 Å². The molecule has 1 heterocycles. The van der Waals surface area contributed by atoms with Gasteiger partial charge in [-0.15, -0.1) is 0 Å². The van der Waals surface area contributed by atoms with Crippen molar-refractivity contribution in [2.24, 2.45) is 5.41 Å². The number of anilines is 2. The molecule has 0 amide bonds. The number of hydrogen-bond donors (Lipinski definition) is 2. The summed E-state index contributed by atoms with van der Waals surface area (Å²) >= 11 is 0. The first-order chi connectivity index (χ1) is 10.1. The van der Waals surface area contributed by atoms with Crippen molar-refractivity contribution in [3.63, 3.8) is 0 Å². The predicted octanol–water partition coefficient (Wildman–Crippen LogP) is 3.01. The van der Waals surface area contributed by atoms with E-state index in [9.17, 15) is 0 Å². The van der Waals surface area contributed by atoms with E-state index in [1.165, 1.54) is 12.8 Å². The predicted molar refractivity (Wildman–Crippen MR) is 87.0 cm³/mol. The third-order valence-corrected chi connectivity index (χ3v) is 4.33. The average Bonchev–Trinajstić information content (AvgIpc) is 3.26. The third-order valence-electron chi connectivity index (χ3n) is 4.33. The zero-order chi connectivity index (χ0) is 15.3. The molecule has 1 aliphatic rings. The van der Waals surface area contributed by atoms with Crippen LogP contribution >= 0.6 is 0 Å². The molecular weight excluding hydrogens is 264 g/mol. The summed E-state index contributed by atoms with van der Waals surface area (Å²) in [4.78, 5) is 9.26. The SMILES string of the molecule is CCCc1nc(NC)c(C)c(NCC2(CCOC)CC2)n1. The molecule has 1 fully saturated rings. The van der Waals surface area contributed by atoms with Crippen molar-refractivity contribution in [3.05, 3.63) is 11.4 Å². The fraction of sp³-hybridized carbons (Fsp3) is 0.750. The molecule has 1 aromatic heterocycles. The molecule has 21 heavy (non-hydrogen) atoms. The van der Waals surface area contributed by atoms with Gasteiger partial charge in [0.25, 0.3) is 0 Å². The molecule has 0 aliphatic heterocycles. The van der Waals surface area contributed by atoms with E-state index in [4.69, 9.17) is 4.74 Å². The summed E-state index contributed by atoms with van der Waals surface area (Å²) < 4.78 is 5.22. The summed E-state index contributed by atoms with van der Waals surface area (Å²) in [5, 5.41) is 6.72. The van der Waals surface area contributed by atoms with Crippen molar-refractivity contribution in [2.75, 3.05) is 37.9 Å². The minimum Gasteiger partial charge on any atom is -0.385 e. The van der Waals surface area contributed by atoms with Gasteiger partial charge in [0.05, 0.1) is 0 Å². The van der Waals surface area contributed by atoms with Gasteiger partial charge in [0, 0.05) is 39.3 Å². The second-order valence-corrected chi connectivity index (χ2v) is 6.06. The number of nitrogens with one attached hydrogen (secondary N) is 2. The van der Waals surface area contributed by atoms with Gasteiger partial charge in [-0.2, -0.15) is 0 Å². The van der Waals surface area contributed by atoms with Crippen molar-refractivity contribution >= 4 is 11.6 Å². The van der Waals surface area contributed by atoms with Crippen molar-refractivity contribution < 1.29 is 4.74 Å². The van der Waals surface area contributed by atoms with Gasteiger partial charge in [0.2, 0.25) is 0 Å². The molecule has 1 aliphatic carbocycles. The van der Waals surface area contributed by atoms with Crippen LogP contribution in [0.1, 0.15) is 44.0 Å². The van der Waals surface area contributed by atoms with E-state index in [1.807, 2.05) is 7.05 Å². The minimum absolute atomic E-state index is 0.415. The van der Waals surface area contributed by atoms with Crippen LogP contribution in [-0.2, 0) is 11.2 Å². The van der Waals surface area contributed by atoms with Gasteiger partial charge in [-0.25, -0.2) is 9.97 Å². The molecular formula is C16H28N4O. The average molecular weight is 292 g/mol. The number of ether oxygens (including phenoxy) is 1. The summed E-state index contributed by atoms with van der Waals surface area (Å²) in [6.45, 7) is 6.04. The van der Waals surface area contributed by atoms with E-state index < -0.39 is 0 Å². The Hall–Kier alpha value is -1.36. The van der Waals surface area contributed by atoms with Crippen molar-refractivity contribution in [1.29, 1.82) is 0 Å². The molecule has 0 saturated heterocycles. The van der Waals surface area contributed by atoms with Crippen LogP contribution in [0.15, 0.2) is 0 Å². The Morgan fingerprint density at radius 1 is 1.24 bits per heavy atom. The zero-order valence-corrected chi connectivity index (χ0v) is 13.8. The van der Waals surface area contributed by atoms with Crippen LogP contribution in [0.5, 0.6) is 0 Å². The van der Waals surface area contributed by atoms with Gasteiger partial charge in [-0.05, 0) is 38.0 Å². The molecule has 1 aromatic rings. The van der Waals surface area contributed by atoms with Gasteiger partial charge in [-0.3, -0.25) is 0 Å². The standard InChI is InChI=1S/C16H28N4O/c1-5-6-13-19-14(17-3)12(2)15(20-13)18-11-16(7-8-16)9-10-21-4/h5-11H2,1-4H3,(H2,17,18,19,20). The van der Waals surface area contributed by atoms with Gasteiger partial charge in [0.15, 0.2) is 0 Å². The van der Waals surface area contributed by atoms with Crippen molar-refractivity contribution in [2.45, 2.75) is 46.0 Å². The molecule has 0 spiro atoms. The maximum atomic E-state index is 5.22. The quantitative estimate of drug-likeness (QED) is 0.732. The number of nitrogens with zero attached hydrogens (tertiary/aromatic N) is 2. The number of rotatable bonds is 9. The van der Waals surface area contributed by atoms with Crippen LogP contribution in [0.25, 0.3) is 0 Å². The molecule has 1 saturated carbocycles. The van der Waals surface area contributed by atoms with Crippen LogP contribution in [0.3, 0.4) is 0 Å². The highest BCUT2D eigenvalue weighted by Crippen LogP contribution is 2.48. The van der Waals surface area contributed by atoms with Crippen molar-refractivity contribution in [3.8, 4) is 0 Å². The van der Waals surface area contributed by atoms with E-state index in [-0.39, 0.29) is 0 Å². The number of aromatic nitrogens is 2. The van der Waals surface area contributed by atoms with E-state index in [0.29, 0.717) is 5.41 Å². The van der Waals surface area contributed by atoms with Crippen LogP contribution in [0.2, 0.25) is 0 Å². The maximum absolute atomic E-state index is 5.22. The second kappa shape index (κ2) is 7.07. The lowest BCUT2D eigenvalue weighted by Crippen LogP contribution is -2.19. The Labute approximate surface area is 127 Å². The van der Waals surface area contributed by atoms with E-state index >= 15 is 0 Å². The van der Waals surface area contributed by atoms with E-state index in [0.717, 1.165) is 55.4 Å². The third kappa shape index (κ3) is 4.06. The smallest absolute Gasteiger partial charge is 0.134 e. The highest BCUT2D eigenvalue weighted by atomic mass is 16.5. The normalized spacial score (nSPS) is 15.8. The van der Waals surface area contributed by atoms with Gasteiger partial charge < -0.3 is 15.4 Å². The minimum atomic E-state index is 0.415. The number of methoxy groups -OCH3 is 1. The number of hydrogen-bond acceptors (Lipinski definition) is 5. The molecule has 0 aromatic carbocycles. The Morgan fingerprint density at radius 2 is 1.95 bits per heavy atom. The molecule has 0 atom stereocenters. The fourth-order valence-corrected chi connectivity index (χ4v) is 2.60. The highest BCUT2D eigenvalue weighted by molar-refractivity contribution is 5.57. The molecule has 5 heteroatoms. The van der Waals surface area contributed by atoms with Gasteiger partial charge >= 0.3 is 0 Å². The Bertz CT molecular complexity index is 472. The summed E-state index contributed by atoms with van der Waals surface area (Å²) in [7, 11) is 3.68. The molecule has 2 N–H and O–H groups in total. The summed E-state index contributed by atoms with van der Waals surface area (Å²) in [5.74, 6) is 2.82. The first kappa shape index (κ1) is 16.0. The van der Waals surface area contributed by atoms with Crippen LogP contribution in [0, 0.1) is 12.3 Å². The lowest BCUT2D eigenvalue weighted by Gasteiger charge is -2.18. The second-order valence-electron chi connectivity index (χ2n) is 6.06. The summed E-state index contributed by atoms with van der Waals surface area (Å²) in [6.07, 6.45) is 5.67. The Balaban J connectivity index is 2.06. The highest BCUT2D eigenvalue weighted by Gasteiger charge is 2.41. The van der Waals surface area contributed by atoms with Crippen molar-refractivity contribution in [1.82, 2.24) is 9.97 Å². The molecule has 2 rings (SSSR count). The Morgan fingerprint density at radius 3 is 2.52 bits per heavy atom. The first-order valence-electron chi connectivity index (χ1n) is 7.92. The fourth-order valence-electron chi connectivity index (χ4n) is 2.60. The first-order valence-corrected chi connectivity index (χ1v) is 7.92. The lowest BCUT2D eigenvalue weighted by atomic mass is 10.0. The lowest BCUT2D eigenvalue weighted by molar-refractivity contribution is 0.175. The van der Waals surface area contributed by atoms with Crippen LogP contribution in [0.4, 0.5) is 11.6 Å². The van der Waals surface area contributed by atoms with E-state index in [1.54, 1.807) is 7.11 Å². The maximum Gasteiger partial charge on any atom is 0.134 e. The van der Waals surface area contributed by atoms with Gasteiger partial charge in [-0.1, -0.05) is 6.92 Å². The Kier molecular flexibility index (Phi) is 5.39. The molecule has 0 bridgehead atoms. The molecule has 5 nitrogen and oxygen atoms in total. The van der Waals surface area contributed by atoms with Crippen LogP contribution in [-0.4, -0.2) is 37.3 Å². The largest absolute Gasteiger partial charge is 0.385 e. The summed E-state index contributed by atoms with van der Waals surface area (Å²) in [6, 6.07) is 0. The van der Waals surface area contributed by atoms with Crippen LogP contribution < -0.4 is 10.6 Å². The van der Waals surface area contributed by atoms with Gasteiger partial charge in [0.1, 0.15) is 17.5 Å². The molecule has 0 radical (unpaired) electrons.